The average molecular weight is 475 g/mol. The summed E-state index contributed by atoms with van der Waals surface area (Å²) in [7, 11) is 0. The number of nitrogens with two attached hydrogens (primary N) is 1. The van der Waals surface area contributed by atoms with Crippen molar-refractivity contribution in [3.8, 4) is 0 Å². The molecule has 0 saturated carbocycles. The largest absolute Gasteiger partial charge is 0.396 e. The van der Waals surface area contributed by atoms with E-state index in [1.54, 1.807) is 6.20 Å². The zero-order chi connectivity index (χ0) is 23.1. The number of carbonyl (C=O) groups is 1. The first-order chi connectivity index (χ1) is 15.9. The Bertz CT molecular complexity index is 1210. The van der Waals surface area contributed by atoms with Gasteiger partial charge in [-0.15, -0.1) is 11.3 Å². The number of aromatic nitrogens is 2. The number of halogens is 2. The van der Waals surface area contributed by atoms with Crippen LogP contribution < -0.4 is 21.3 Å². The van der Waals surface area contributed by atoms with E-state index in [9.17, 15) is 13.6 Å². The van der Waals surface area contributed by atoms with E-state index in [-0.39, 0.29) is 48.0 Å². The van der Waals surface area contributed by atoms with Crippen molar-refractivity contribution in [2.24, 2.45) is 0 Å². The first kappa shape index (κ1) is 21.9. The van der Waals surface area contributed by atoms with Crippen LogP contribution in [0.25, 0.3) is 10.3 Å². The molecule has 2 unspecified atom stereocenters. The molecule has 5 rings (SSSR count). The molecule has 8 nitrogen and oxygen atoms in total. The molecule has 4 N–H and O–H groups in total. The highest BCUT2D eigenvalue weighted by Crippen LogP contribution is 2.31. The average Bonchev–Trinajstić information content (AvgIpc) is 3.11. The molecule has 1 aromatic carbocycles. The highest BCUT2D eigenvalue weighted by Gasteiger charge is 2.32. The van der Waals surface area contributed by atoms with Crippen LogP contribution in [0.2, 0.25) is 0 Å². The zero-order valence-electron chi connectivity index (χ0n) is 18.0. The number of thiophene rings is 1. The predicted octanol–water partition coefficient (Wildman–Crippen LogP) is 2.01. The van der Waals surface area contributed by atoms with E-state index in [2.05, 4.69) is 20.6 Å². The Morgan fingerprint density at radius 2 is 2.06 bits per heavy atom. The van der Waals surface area contributed by atoms with Crippen molar-refractivity contribution >= 4 is 39.0 Å². The number of fused-ring (bicyclic) bond motifs is 3. The Kier molecular flexibility index (Phi) is 5.85. The number of nitrogen functional groups attached to an aromatic ring is 1. The molecule has 2 saturated heterocycles. The van der Waals surface area contributed by atoms with Crippen LogP contribution in [-0.2, 0) is 11.2 Å². The van der Waals surface area contributed by atoms with Crippen LogP contribution >= 0.6 is 11.3 Å². The summed E-state index contributed by atoms with van der Waals surface area (Å²) in [5.74, 6) is -1.37. The van der Waals surface area contributed by atoms with E-state index in [1.807, 2.05) is 11.8 Å². The first-order valence-corrected chi connectivity index (χ1v) is 11.6. The highest BCUT2D eigenvalue weighted by atomic mass is 32.1. The number of ether oxygens (including phenoxy) is 1. The summed E-state index contributed by atoms with van der Waals surface area (Å²) in [6, 6.07) is 2.45. The number of nitrogens with one attached hydrogen (secondary N) is 2. The van der Waals surface area contributed by atoms with Crippen molar-refractivity contribution < 1.29 is 18.3 Å². The fourth-order valence-electron chi connectivity index (χ4n) is 4.29. The monoisotopic (exact) mass is 474 g/mol. The Morgan fingerprint density at radius 1 is 1.30 bits per heavy atom. The molecular formula is C22H24F2N6O2S. The Morgan fingerprint density at radius 3 is 2.82 bits per heavy atom. The van der Waals surface area contributed by atoms with Crippen LogP contribution in [0.3, 0.4) is 0 Å². The number of benzene rings is 1. The summed E-state index contributed by atoms with van der Waals surface area (Å²) in [6.45, 7) is 4.36. The molecule has 4 heterocycles. The van der Waals surface area contributed by atoms with E-state index >= 15 is 0 Å². The maximum absolute atomic E-state index is 14.9. The van der Waals surface area contributed by atoms with Crippen molar-refractivity contribution in [2.75, 3.05) is 43.4 Å². The van der Waals surface area contributed by atoms with Gasteiger partial charge in [-0.05, 0) is 25.0 Å². The van der Waals surface area contributed by atoms with E-state index in [4.69, 9.17) is 10.5 Å². The van der Waals surface area contributed by atoms with Crippen molar-refractivity contribution in [3.63, 3.8) is 0 Å². The molecule has 2 aromatic heterocycles. The van der Waals surface area contributed by atoms with Gasteiger partial charge in [-0.1, -0.05) is 0 Å². The molecule has 33 heavy (non-hydrogen) atoms. The number of hydrogen-bond donors (Lipinski definition) is 3. The van der Waals surface area contributed by atoms with Gasteiger partial charge < -0.3 is 26.0 Å². The summed E-state index contributed by atoms with van der Waals surface area (Å²) in [5, 5.41) is 6.01. The van der Waals surface area contributed by atoms with E-state index in [0.717, 1.165) is 17.0 Å². The summed E-state index contributed by atoms with van der Waals surface area (Å²) in [4.78, 5) is 23.9. The third kappa shape index (κ3) is 4.35. The maximum atomic E-state index is 14.9. The molecule has 2 aliphatic rings. The summed E-state index contributed by atoms with van der Waals surface area (Å²) >= 11 is 1.16. The van der Waals surface area contributed by atoms with Gasteiger partial charge in [0.2, 0.25) is 0 Å². The minimum absolute atomic E-state index is 0.0366. The quantitative estimate of drug-likeness (QED) is 0.520. The van der Waals surface area contributed by atoms with Crippen LogP contribution in [0.15, 0.2) is 18.3 Å². The molecule has 1 amide bonds. The summed E-state index contributed by atoms with van der Waals surface area (Å²) < 4.78 is 35.5. The van der Waals surface area contributed by atoms with Crippen LogP contribution in [0, 0.1) is 18.6 Å². The maximum Gasteiger partial charge on any atom is 0.263 e. The molecule has 0 spiro atoms. The smallest absolute Gasteiger partial charge is 0.263 e. The van der Waals surface area contributed by atoms with Gasteiger partial charge in [0.25, 0.3) is 5.91 Å². The highest BCUT2D eigenvalue weighted by molar-refractivity contribution is 7.21. The van der Waals surface area contributed by atoms with E-state index in [1.165, 1.54) is 12.1 Å². The lowest BCUT2D eigenvalue weighted by Crippen LogP contribution is -2.58. The number of hydrogen-bond acceptors (Lipinski definition) is 8. The second kappa shape index (κ2) is 8.81. The molecule has 3 aromatic rings. The minimum atomic E-state index is -0.499. The van der Waals surface area contributed by atoms with Crippen LogP contribution in [-0.4, -0.2) is 60.8 Å². The van der Waals surface area contributed by atoms with Gasteiger partial charge in [-0.25, -0.2) is 18.7 Å². The Hall–Kier alpha value is -2.89. The summed E-state index contributed by atoms with van der Waals surface area (Å²) in [5.41, 5.74) is 8.00. The van der Waals surface area contributed by atoms with Crippen molar-refractivity contribution in [2.45, 2.75) is 25.6 Å². The lowest BCUT2D eigenvalue weighted by atomic mass is 10.1. The molecule has 0 radical (unpaired) electrons. The zero-order valence-corrected chi connectivity index (χ0v) is 18.8. The van der Waals surface area contributed by atoms with Gasteiger partial charge in [0, 0.05) is 45.0 Å². The Balaban J connectivity index is 1.24. The number of anilines is 2. The van der Waals surface area contributed by atoms with Crippen molar-refractivity contribution in [1.82, 2.24) is 20.6 Å². The lowest BCUT2D eigenvalue weighted by Gasteiger charge is -2.43. The number of carbonyl (C=O) groups excluding carboxylic acids is 1. The number of nitrogens with zero attached hydrogens (tertiary/aromatic N) is 3. The molecule has 2 bridgehead atoms. The number of rotatable bonds is 5. The Labute approximate surface area is 193 Å². The van der Waals surface area contributed by atoms with Gasteiger partial charge in [0.1, 0.15) is 26.9 Å². The molecule has 0 aliphatic carbocycles. The normalized spacial score (nSPS) is 20.3. The van der Waals surface area contributed by atoms with Gasteiger partial charge >= 0.3 is 0 Å². The summed E-state index contributed by atoms with van der Waals surface area (Å²) in [6.07, 6.45) is 1.66. The fraction of sp³-hybridized carbons (Fsp3) is 0.409. The van der Waals surface area contributed by atoms with Crippen LogP contribution in [0.1, 0.15) is 20.9 Å². The number of amides is 1. The molecule has 2 aliphatic heterocycles. The van der Waals surface area contributed by atoms with Crippen molar-refractivity contribution in [3.05, 3.63) is 46.1 Å². The topological polar surface area (TPSA) is 105 Å². The van der Waals surface area contributed by atoms with Crippen LogP contribution in [0.4, 0.5) is 20.2 Å². The number of aryl methyl sites for hydroxylation is 1. The number of morpholine rings is 2. The molecule has 2 fully saturated rings. The molecule has 174 valence electrons. The van der Waals surface area contributed by atoms with E-state index < -0.39 is 11.6 Å². The van der Waals surface area contributed by atoms with Gasteiger partial charge in [-0.2, -0.15) is 0 Å². The standard InChI is InChI=1S/C22H24F2N6O2S/c1-11-6-28-19-18(25)20(33-22(19)29-11)21(31)27-3-2-12-4-16(24)17(5-15(12)23)30-9-13-7-26-8-14(10-30)32-13/h4-6,13-14,26H,2-3,7-10,25H2,1H3,(H,27,31). The third-order valence-electron chi connectivity index (χ3n) is 5.88. The minimum Gasteiger partial charge on any atom is -0.396 e. The van der Waals surface area contributed by atoms with Gasteiger partial charge in [-0.3, -0.25) is 4.79 Å². The third-order valence-corrected chi connectivity index (χ3v) is 6.97. The predicted molar refractivity (Wildman–Crippen MR) is 123 cm³/mol. The molecule has 2 atom stereocenters. The van der Waals surface area contributed by atoms with Crippen LogP contribution in [0.5, 0.6) is 0 Å². The second-order valence-corrected chi connectivity index (χ2v) is 9.35. The van der Waals surface area contributed by atoms with Crippen molar-refractivity contribution in [1.29, 1.82) is 0 Å². The molecular weight excluding hydrogens is 450 g/mol. The lowest BCUT2D eigenvalue weighted by molar-refractivity contribution is -0.0485. The van der Waals surface area contributed by atoms with E-state index in [0.29, 0.717) is 41.4 Å². The SMILES string of the molecule is Cc1cnc2c(N)c(C(=O)NCCc3cc(F)c(N4CC5CNCC(C4)O5)cc3F)sc2n1. The fourth-order valence-corrected chi connectivity index (χ4v) is 5.31. The van der Waals surface area contributed by atoms with Gasteiger partial charge in [0.05, 0.1) is 29.3 Å². The van der Waals surface area contributed by atoms with Gasteiger partial charge in [0.15, 0.2) is 0 Å². The first-order valence-electron chi connectivity index (χ1n) is 10.8. The molecule has 11 heteroatoms. The second-order valence-electron chi connectivity index (χ2n) is 8.35.